The fourth-order valence-electron chi connectivity index (χ4n) is 5.07. The molecule has 0 spiro atoms. The molecule has 11 heteroatoms. The zero-order chi connectivity index (χ0) is 31.0. The van der Waals surface area contributed by atoms with Gasteiger partial charge in [0.25, 0.3) is 5.91 Å². The second kappa shape index (κ2) is 14.3. The molecule has 43 heavy (non-hydrogen) atoms. The third kappa shape index (κ3) is 8.31. The fraction of sp³-hybridized carbons (Fsp3) is 0.469. The Morgan fingerprint density at radius 1 is 1.09 bits per heavy atom. The number of aryl methyl sites for hydroxylation is 1. The zero-order valence-corrected chi connectivity index (χ0v) is 26.3. The van der Waals surface area contributed by atoms with E-state index < -0.39 is 21.4 Å². The van der Waals surface area contributed by atoms with Gasteiger partial charge in [-0.25, -0.2) is 13.2 Å². The number of ether oxygens (including phenoxy) is 2. The molecule has 0 aliphatic carbocycles. The maximum absolute atomic E-state index is 13.1. The first-order chi connectivity index (χ1) is 20.5. The molecule has 3 aromatic rings. The average Bonchev–Trinajstić information content (AvgIpc) is 3.31. The molecule has 4 rings (SSSR count). The van der Waals surface area contributed by atoms with Crippen LogP contribution in [0.1, 0.15) is 71.3 Å². The maximum Gasteiger partial charge on any atom is 0.338 e. The van der Waals surface area contributed by atoms with E-state index in [9.17, 15) is 18.0 Å². The molecule has 0 fully saturated rings. The number of nitrogens with one attached hydrogen (secondary N) is 1. The molecule has 1 aromatic heterocycles. The van der Waals surface area contributed by atoms with Crippen LogP contribution >= 0.6 is 0 Å². The van der Waals surface area contributed by atoms with Crippen LogP contribution in [0, 0.1) is 5.41 Å². The van der Waals surface area contributed by atoms with Crippen LogP contribution in [-0.4, -0.2) is 67.8 Å². The number of aromatic nitrogens is 2. The third-order valence-electron chi connectivity index (χ3n) is 7.40. The highest BCUT2D eigenvalue weighted by atomic mass is 32.2. The Morgan fingerprint density at radius 3 is 2.49 bits per heavy atom. The van der Waals surface area contributed by atoms with Gasteiger partial charge < -0.3 is 14.8 Å². The van der Waals surface area contributed by atoms with Crippen molar-refractivity contribution in [1.82, 2.24) is 19.4 Å². The lowest BCUT2D eigenvalue weighted by molar-refractivity contribution is 0.0339. The number of benzene rings is 2. The van der Waals surface area contributed by atoms with Crippen molar-refractivity contribution in [2.75, 3.05) is 33.4 Å². The van der Waals surface area contributed by atoms with E-state index in [1.807, 2.05) is 51.1 Å². The molecule has 1 N–H and O–H groups in total. The van der Waals surface area contributed by atoms with Gasteiger partial charge >= 0.3 is 5.97 Å². The summed E-state index contributed by atoms with van der Waals surface area (Å²) in [6, 6.07) is 15.1. The van der Waals surface area contributed by atoms with E-state index in [1.54, 1.807) is 4.68 Å². The van der Waals surface area contributed by atoms with Gasteiger partial charge in [-0.05, 0) is 56.0 Å². The number of hydrogen-bond acceptors (Lipinski definition) is 7. The largest absolute Gasteiger partial charge is 0.462 e. The normalized spacial score (nSPS) is 15.0. The number of hydrogen-bond donors (Lipinski definition) is 1. The van der Waals surface area contributed by atoms with Crippen molar-refractivity contribution in [2.45, 2.75) is 64.4 Å². The van der Waals surface area contributed by atoms with Crippen molar-refractivity contribution < 1.29 is 27.5 Å². The number of amides is 1. The smallest absolute Gasteiger partial charge is 0.338 e. The Balaban J connectivity index is 1.41. The van der Waals surface area contributed by atoms with Gasteiger partial charge in [0, 0.05) is 57.3 Å². The Bertz CT molecular complexity index is 1500. The van der Waals surface area contributed by atoms with Crippen LogP contribution in [0.25, 0.3) is 0 Å². The molecule has 2 aromatic carbocycles. The second-order valence-corrected chi connectivity index (χ2v) is 13.6. The van der Waals surface area contributed by atoms with Gasteiger partial charge in [-0.2, -0.15) is 9.40 Å². The van der Waals surface area contributed by atoms with Gasteiger partial charge in [-0.3, -0.25) is 9.48 Å². The summed E-state index contributed by atoms with van der Waals surface area (Å²) in [5.74, 6) is -0.664. The minimum atomic E-state index is -3.74. The summed E-state index contributed by atoms with van der Waals surface area (Å²) in [4.78, 5) is 26.1. The highest BCUT2D eigenvalue weighted by Gasteiger charge is 2.29. The van der Waals surface area contributed by atoms with Gasteiger partial charge in [0.2, 0.25) is 10.0 Å². The van der Waals surface area contributed by atoms with E-state index in [-0.39, 0.29) is 29.5 Å². The summed E-state index contributed by atoms with van der Waals surface area (Å²) in [7, 11) is -2.21. The van der Waals surface area contributed by atoms with Crippen molar-refractivity contribution in [1.29, 1.82) is 0 Å². The minimum absolute atomic E-state index is 0.0995. The first-order valence-corrected chi connectivity index (χ1v) is 16.2. The van der Waals surface area contributed by atoms with Crippen molar-refractivity contribution in [3.8, 4) is 0 Å². The lowest BCUT2D eigenvalue weighted by atomic mass is 9.86. The Labute approximate surface area is 254 Å². The summed E-state index contributed by atoms with van der Waals surface area (Å²) < 4.78 is 40.5. The molecule has 2 heterocycles. The quantitative estimate of drug-likeness (QED) is 0.341. The average molecular weight is 611 g/mol. The molecule has 0 radical (unpaired) electrons. The molecule has 0 unspecified atom stereocenters. The molecule has 0 saturated carbocycles. The highest BCUT2D eigenvalue weighted by molar-refractivity contribution is 7.89. The van der Waals surface area contributed by atoms with E-state index in [4.69, 9.17) is 14.6 Å². The van der Waals surface area contributed by atoms with Gasteiger partial charge in [0.15, 0.2) is 0 Å². The Morgan fingerprint density at radius 2 is 1.79 bits per heavy atom. The summed E-state index contributed by atoms with van der Waals surface area (Å²) in [6.07, 6.45) is 2.72. The molecule has 1 aliphatic rings. The SMILES string of the molecule is CCn1nc(CC(C)(C)COC(=O)c2ccc(S(=O)(=O)N(C)Cc3ccccc3)cc2)c2c1C(=O)NCCCOCCC2. The predicted octanol–water partition coefficient (Wildman–Crippen LogP) is 4.23. The van der Waals surface area contributed by atoms with Crippen LogP contribution in [0.2, 0.25) is 0 Å². The van der Waals surface area contributed by atoms with Gasteiger partial charge in [0.05, 0.1) is 22.8 Å². The molecular formula is C32H42N4O6S. The third-order valence-corrected chi connectivity index (χ3v) is 9.22. The summed E-state index contributed by atoms with van der Waals surface area (Å²) in [6.45, 7) is 8.64. The first kappa shape index (κ1) is 32.4. The van der Waals surface area contributed by atoms with E-state index in [0.717, 1.165) is 29.7 Å². The monoisotopic (exact) mass is 610 g/mol. The van der Waals surface area contributed by atoms with Crippen LogP contribution in [0.3, 0.4) is 0 Å². The van der Waals surface area contributed by atoms with Crippen molar-refractivity contribution >= 4 is 21.9 Å². The topological polar surface area (TPSA) is 120 Å². The molecule has 1 aliphatic heterocycles. The van der Waals surface area contributed by atoms with Crippen LogP contribution in [0.15, 0.2) is 59.5 Å². The standard InChI is InChI=1S/C32H42N4O6S/c1-5-36-29-27(13-9-19-41-20-10-18-33-30(29)37)28(34-36)21-32(2,3)23-42-31(38)25-14-16-26(17-15-25)43(39,40)35(4)22-24-11-7-6-8-12-24/h6-8,11-12,14-17H,5,9-10,13,18-23H2,1-4H3,(H,33,37). The minimum Gasteiger partial charge on any atom is -0.462 e. The number of nitrogens with zero attached hydrogens (tertiary/aromatic N) is 3. The van der Waals surface area contributed by atoms with Gasteiger partial charge in [-0.1, -0.05) is 44.2 Å². The van der Waals surface area contributed by atoms with Crippen molar-refractivity contribution in [2.24, 2.45) is 5.41 Å². The maximum atomic E-state index is 13.1. The first-order valence-electron chi connectivity index (χ1n) is 14.7. The van der Waals surface area contributed by atoms with Crippen molar-refractivity contribution in [3.63, 3.8) is 0 Å². The Kier molecular flexibility index (Phi) is 10.8. The summed E-state index contributed by atoms with van der Waals surface area (Å²) in [5, 5.41) is 7.77. The van der Waals surface area contributed by atoms with Crippen molar-refractivity contribution in [3.05, 3.63) is 82.7 Å². The Hall–Kier alpha value is -3.54. The number of fused-ring (bicyclic) bond motifs is 1. The van der Waals surface area contributed by atoms with E-state index in [2.05, 4.69) is 5.32 Å². The molecule has 1 amide bonds. The lowest BCUT2D eigenvalue weighted by Crippen LogP contribution is -2.28. The second-order valence-electron chi connectivity index (χ2n) is 11.6. The number of rotatable bonds is 10. The van der Waals surface area contributed by atoms with Gasteiger partial charge in [0.1, 0.15) is 5.69 Å². The number of carbonyl (C=O) groups is 2. The number of esters is 1. The molecule has 10 nitrogen and oxygen atoms in total. The fourth-order valence-corrected chi connectivity index (χ4v) is 6.23. The lowest BCUT2D eigenvalue weighted by Gasteiger charge is -2.24. The summed E-state index contributed by atoms with van der Waals surface area (Å²) >= 11 is 0. The zero-order valence-electron chi connectivity index (χ0n) is 25.5. The molecule has 0 saturated heterocycles. The van der Waals surface area contributed by atoms with E-state index in [0.29, 0.717) is 44.8 Å². The van der Waals surface area contributed by atoms with E-state index in [1.165, 1.54) is 35.6 Å². The van der Waals surface area contributed by atoms with Crippen LogP contribution in [0.4, 0.5) is 0 Å². The predicted molar refractivity (Wildman–Crippen MR) is 163 cm³/mol. The highest BCUT2D eigenvalue weighted by Crippen LogP contribution is 2.28. The van der Waals surface area contributed by atoms with Gasteiger partial charge in [-0.15, -0.1) is 0 Å². The number of sulfonamides is 1. The van der Waals surface area contributed by atoms with Crippen LogP contribution in [0.5, 0.6) is 0 Å². The number of carbonyl (C=O) groups excluding carboxylic acids is 2. The molecule has 232 valence electrons. The molecule has 0 atom stereocenters. The summed E-state index contributed by atoms with van der Waals surface area (Å²) in [5.41, 5.74) is 3.00. The molecule has 0 bridgehead atoms. The van der Waals surface area contributed by atoms with E-state index >= 15 is 0 Å². The molecular weight excluding hydrogens is 568 g/mol. The van der Waals surface area contributed by atoms with Crippen LogP contribution < -0.4 is 5.32 Å². The van der Waals surface area contributed by atoms with Crippen LogP contribution in [-0.2, 0) is 45.4 Å².